The van der Waals surface area contributed by atoms with E-state index >= 15 is 0 Å². The van der Waals surface area contributed by atoms with E-state index in [2.05, 4.69) is 17.0 Å². The number of ether oxygens (including phenoxy) is 1. The molecule has 0 aliphatic carbocycles. The number of fused-ring (bicyclic) bond motifs is 1. The number of amides is 2. The normalized spacial score (nSPS) is 19.5. The second-order valence-electron chi connectivity index (χ2n) is 9.15. The predicted molar refractivity (Wildman–Crippen MR) is 131 cm³/mol. The van der Waals surface area contributed by atoms with Crippen molar-refractivity contribution in [1.29, 1.82) is 0 Å². The number of hydrogen-bond donors (Lipinski definition) is 0. The summed E-state index contributed by atoms with van der Waals surface area (Å²) in [6.45, 7) is 4.19. The van der Waals surface area contributed by atoms with Gasteiger partial charge in [-0.05, 0) is 36.6 Å². The number of carbonyl (C=O) groups excluding carboxylic acids is 2. The zero-order chi connectivity index (χ0) is 24.4. The predicted octanol–water partition coefficient (Wildman–Crippen LogP) is 1.54. The first-order valence-electron chi connectivity index (χ1n) is 12.0. The van der Waals surface area contributed by atoms with Gasteiger partial charge >= 0.3 is 0 Å². The molecule has 0 bridgehead atoms. The van der Waals surface area contributed by atoms with Crippen LogP contribution in [-0.2, 0) is 26.2 Å². The summed E-state index contributed by atoms with van der Waals surface area (Å²) in [5.41, 5.74) is 1.57. The molecule has 3 aliphatic heterocycles. The van der Waals surface area contributed by atoms with Gasteiger partial charge in [0, 0.05) is 45.8 Å². The number of benzene rings is 2. The molecule has 10 heteroatoms. The maximum atomic E-state index is 13.1. The summed E-state index contributed by atoms with van der Waals surface area (Å²) >= 11 is 0. The Balaban J connectivity index is 1.27. The Labute approximate surface area is 205 Å². The molecule has 0 radical (unpaired) electrons. The first-order chi connectivity index (χ1) is 16.9. The molecule has 0 saturated carbocycles. The van der Waals surface area contributed by atoms with Crippen molar-refractivity contribution >= 4 is 27.5 Å². The quantitative estimate of drug-likeness (QED) is 0.600. The molecule has 2 saturated heterocycles. The van der Waals surface area contributed by atoms with E-state index in [1.165, 1.54) is 26.9 Å². The first-order valence-corrected chi connectivity index (χ1v) is 13.5. The smallest absolute Gasteiger partial charge is 0.265 e. The van der Waals surface area contributed by atoms with Crippen LogP contribution in [0.3, 0.4) is 0 Å². The van der Waals surface area contributed by atoms with Crippen LogP contribution in [0.25, 0.3) is 0 Å². The molecule has 5 rings (SSSR count). The van der Waals surface area contributed by atoms with Crippen LogP contribution in [0.2, 0.25) is 0 Å². The van der Waals surface area contributed by atoms with Crippen molar-refractivity contribution in [2.24, 2.45) is 0 Å². The van der Waals surface area contributed by atoms with E-state index < -0.39 is 10.0 Å². The fourth-order valence-corrected chi connectivity index (χ4v) is 6.36. The Hall–Kier alpha value is -2.95. The number of hydrogen-bond acceptors (Lipinski definition) is 6. The third-order valence-electron chi connectivity index (χ3n) is 6.84. The standard InChI is InChI=1S/C25H30N4O5S/c30-24(27-14-12-26(13-15-27)17-20-6-2-1-3-7-20)18-29-22-16-21(8-9-23(22)34-19-25(29)31)35(32,33)28-10-4-5-11-28/h1-3,6-9,16H,4-5,10-15,17-19H2. The van der Waals surface area contributed by atoms with E-state index in [0.29, 0.717) is 37.6 Å². The highest BCUT2D eigenvalue weighted by molar-refractivity contribution is 7.89. The minimum Gasteiger partial charge on any atom is -0.482 e. The molecule has 9 nitrogen and oxygen atoms in total. The van der Waals surface area contributed by atoms with E-state index in [1.807, 2.05) is 18.2 Å². The Kier molecular flexibility index (Phi) is 6.77. The second-order valence-corrected chi connectivity index (χ2v) is 11.1. The van der Waals surface area contributed by atoms with Gasteiger partial charge in [-0.3, -0.25) is 19.4 Å². The van der Waals surface area contributed by atoms with Crippen LogP contribution < -0.4 is 9.64 Å². The maximum Gasteiger partial charge on any atom is 0.265 e. The summed E-state index contributed by atoms with van der Waals surface area (Å²) < 4.78 is 33.1. The van der Waals surface area contributed by atoms with Gasteiger partial charge in [0.25, 0.3) is 5.91 Å². The van der Waals surface area contributed by atoms with E-state index in [-0.39, 0.29) is 29.9 Å². The summed E-state index contributed by atoms with van der Waals surface area (Å²) in [4.78, 5) is 31.4. The van der Waals surface area contributed by atoms with Gasteiger partial charge in [-0.25, -0.2) is 8.42 Å². The lowest BCUT2D eigenvalue weighted by Gasteiger charge is -2.36. The third kappa shape index (κ3) is 5.05. The Morgan fingerprint density at radius 3 is 2.34 bits per heavy atom. The summed E-state index contributed by atoms with van der Waals surface area (Å²) in [6, 6.07) is 14.8. The molecule has 2 fully saturated rings. The lowest BCUT2D eigenvalue weighted by Crippen LogP contribution is -2.52. The van der Waals surface area contributed by atoms with Crippen LogP contribution in [0.4, 0.5) is 5.69 Å². The van der Waals surface area contributed by atoms with Gasteiger partial charge in [0.1, 0.15) is 12.3 Å². The molecule has 0 atom stereocenters. The van der Waals surface area contributed by atoms with Crippen molar-refractivity contribution in [2.45, 2.75) is 24.3 Å². The SMILES string of the molecule is O=C(CN1C(=O)COc2ccc(S(=O)(=O)N3CCCC3)cc21)N1CCN(Cc2ccccc2)CC1. The zero-order valence-electron chi connectivity index (χ0n) is 19.6. The van der Waals surface area contributed by atoms with Crippen LogP contribution >= 0.6 is 0 Å². The Morgan fingerprint density at radius 1 is 0.914 bits per heavy atom. The molecule has 3 heterocycles. The lowest BCUT2D eigenvalue weighted by atomic mass is 10.2. The Bertz CT molecular complexity index is 1190. The number of anilines is 1. The van der Waals surface area contributed by atoms with E-state index in [9.17, 15) is 18.0 Å². The van der Waals surface area contributed by atoms with Gasteiger partial charge in [-0.1, -0.05) is 30.3 Å². The topological polar surface area (TPSA) is 90.5 Å². The molecule has 35 heavy (non-hydrogen) atoms. The van der Waals surface area contributed by atoms with E-state index in [4.69, 9.17) is 4.74 Å². The summed E-state index contributed by atoms with van der Waals surface area (Å²) in [6.07, 6.45) is 1.68. The van der Waals surface area contributed by atoms with Crippen molar-refractivity contribution in [3.05, 3.63) is 54.1 Å². The van der Waals surface area contributed by atoms with Gasteiger partial charge in [-0.15, -0.1) is 0 Å². The molecular weight excluding hydrogens is 468 g/mol. The second kappa shape index (κ2) is 9.96. The largest absolute Gasteiger partial charge is 0.482 e. The highest BCUT2D eigenvalue weighted by Gasteiger charge is 2.33. The molecule has 0 N–H and O–H groups in total. The number of nitrogens with zero attached hydrogens (tertiary/aromatic N) is 4. The molecule has 3 aliphatic rings. The fourth-order valence-electron chi connectivity index (χ4n) is 4.83. The van der Waals surface area contributed by atoms with Crippen molar-refractivity contribution in [3.63, 3.8) is 0 Å². The number of sulfonamides is 1. The van der Waals surface area contributed by atoms with E-state index in [0.717, 1.165) is 32.5 Å². The molecular formula is C25H30N4O5S. The third-order valence-corrected chi connectivity index (χ3v) is 8.74. The summed E-state index contributed by atoms with van der Waals surface area (Å²) in [7, 11) is -3.66. The van der Waals surface area contributed by atoms with Crippen molar-refractivity contribution in [2.75, 3.05) is 57.3 Å². The molecule has 2 aromatic carbocycles. The molecule has 0 spiro atoms. The number of piperazine rings is 1. The number of carbonyl (C=O) groups is 2. The lowest BCUT2D eigenvalue weighted by molar-refractivity contribution is -0.133. The molecule has 2 amide bonds. The highest BCUT2D eigenvalue weighted by atomic mass is 32.2. The van der Waals surface area contributed by atoms with Crippen LogP contribution in [0.5, 0.6) is 5.75 Å². The van der Waals surface area contributed by atoms with Gasteiger partial charge in [-0.2, -0.15) is 4.31 Å². The van der Waals surface area contributed by atoms with Crippen LogP contribution in [0, 0.1) is 0 Å². The highest BCUT2D eigenvalue weighted by Crippen LogP contribution is 2.35. The molecule has 0 aromatic heterocycles. The maximum absolute atomic E-state index is 13.1. The fraction of sp³-hybridized carbons (Fsp3) is 0.440. The van der Waals surface area contributed by atoms with Crippen molar-refractivity contribution in [3.8, 4) is 5.75 Å². The van der Waals surface area contributed by atoms with E-state index in [1.54, 1.807) is 11.0 Å². The monoisotopic (exact) mass is 498 g/mol. The van der Waals surface area contributed by atoms with Crippen LogP contribution in [-0.4, -0.2) is 86.8 Å². The van der Waals surface area contributed by atoms with Gasteiger partial charge in [0.2, 0.25) is 15.9 Å². The molecule has 0 unspecified atom stereocenters. The summed E-state index contributed by atoms with van der Waals surface area (Å²) in [5, 5.41) is 0. The van der Waals surface area contributed by atoms with Gasteiger partial charge in [0.15, 0.2) is 6.61 Å². The minimum absolute atomic E-state index is 0.114. The van der Waals surface area contributed by atoms with Gasteiger partial charge < -0.3 is 9.64 Å². The molecule has 2 aromatic rings. The first kappa shape index (κ1) is 23.8. The van der Waals surface area contributed by atoms with Crippen molar-refractivity contribution < 1.29 is 22.7 Å². The Morgan fingerprint density at radius 2 is 1.63 bits per heavy atom. The minimum atomic E-state index is -3.66. The molecule has 186 valence electrons. The van der Waals surface area contributed by atoms with Crippen molar-refractivity contribution in [1.82, 2.24) is 14.1 Å². The van der Waals surface area contributed by atoms with Crippen LogP contribution in [0.1, 0.15) is 18.4 Å². The summed E-state index contributed by atoms with van der Waals surface area (Å²) in [5.74, 6) is -0.104. The average molecular weight is 499 g/mol. The average Bonchev–Trinajstić information content (AvgIpc) is 3.43. The van der Waals surface area contributed by atoms with Crippen LogP contribution in [0.15, 0.2) is 53.4 Å². The number of rotatable bonds is 6. The zero-order valence-corrected chi connectivity index (χ0v) is 20.5. The van der Waals surface area contributed by atoms with Gasteiger partial charge in [0.05, 0.1) is 10.6 Å².